The zero-order valence-electron chi connectivity index (χ0n) is 8.93. The Balaban J connectivity index is 2.76. The highest BCUT2D eigenvalue weighted by atomic mass is 32.2. The molecular formula is C8H13N3O4S. The topological polar surface area (TPSA) is 101 Å². The lowest BCUT2D eigenvalue weighted by Crippen LogP contribution is -2.42. The van der Waals surface area contributed by atoms with E-state index >= 15 is 0 Å². The second-order valence-corrected chi connectivity index (χ2v) is 5.03. The van der Waals surface area contributed by atoms with Gasteiger partial charge in [0.2, 0.25) is 10.0 Å². The third kappa shape index (κ3) is 3.99. The van der Waals surface area contributed by atoms with Gasteiger partial charge >= 0.3 is 5.97 Å². The molecule has 90 valence electrons. The second kappa shape index (κ2) is 5.08. The molecule has 0 saturated carbocycles. The van der Waals surface area contributed by atoms with Gasteiger partial charge in [0.15, 0.2) is 0 Å². The van der Waals surface area contributed by atoms with Crippen molar-refractivity contribution in [1.29, 1.82) is 0 Å². The molecule has 7 nitrogen and oxygen atoms in total. The largest absolute Gasteiger partial charge is 0.468 e. The first-order valence-corrected chi connectivity index (χ1v) is 6.34. The number of aromatic amines is 1. The molecule has 0 fully saturated rings. The molecule has 1 aromatic heterocycles. The number of nitrogens with zero attached hydrogens (tertiary/aromatic N) is 1. The maximum Gasteiger partial charge on any atom is 0.324 e. The summed E-state index contributed by atoms with van der Waals surface area (Å²) in [5.74, 6) is -0.639. The second-order valence-electron chi connectivity index (χ2n) is 3.25. The molecule has 0 aliphatic rings. The summed E-state index contributed by atoms with van der Waals surface area (Å²) in [4.78, 5) is 17.9. The number of esters is 1. The molecule has 0 bridgehead atoms. The smallest absolute Gasteiger partial charge is 0.324 e. The number of methoxy groups -OCH3 is 1. The lowest BCUT2D eigenvalue weighted by atomic mass is 10.2. The Morgan fingerprint density at radius 2 is 2.38 bits per heavy atom. The van der Waals surface area contributed by atoms with E-state index in [0.29, 0.717) is 5.69 Å². The third-order valence-corrected chi connectivity index (χ3v) is 2.53. The van der Waals surface area contributed by atoms with Crippen molar-refractivity contribution in [2.45, 2.75) is 12.5 Å². The van der Waals surface area contributed by atoms with Crippen LogP contribution in [0.15, 0.2) is 12.5 Å². The number of nitrogens with one attached hydrogen (secondary N) is 2. The first-order valence-electron chi connectivity index (χ1n) is 4.45. The SMILES string of the molecule is COC(=O)[C@H](Cc1cnc[nH]1)NS(C)(=O)=O. The molecule has 1 atom stereocenters. The summed E-state index contributed by atoms with van der Waals surface area (Å²) in [6.07, 6.45) is 4.11. The Morgan fingerprint density at radius 3 is 2.81 bits per heavy atom. The number of carbonyl (C=O) groups is 1. The van der Waals surface area contributed by atoms with Crippen LogP contribution in [0.5, 0.6) is 0 Å². The average molecular weight is 247 g/mol. The average Bonchev–Trinajstić information content (AvgIpc) is 2.66. The molecule has 0 amide bonds. The summed E-state index contributed by atoms with van der Waals surface area (Å²) in [7, 11) is -2.27. The van der Waals surface area contributed by atoms with E-state index < -0.39 is 22.0 Å². The van der Waals surface area contributed by atoms with Crippen LogP contribution in [0.4, 0.5) is 0 Å². The fourth-order valence-corrected chi connectivity index (χ4v) is 1.89. The summed E-state index contributed by atoms with van der Waals surface area (Å²) in [6, 6.07) is -0.944. The third-order valence-electron chi connectivity index (χ3n) is 1.82. The van der Waals surface area contributed by atoms with Crippen LogP contribution < -0.4 is 4.72 Å². The molecule has 0 aromatic carbocycles. The van der Waals surface area contributed by atoms with Gasteiger partial charge in [-0.2, -0.15) is 0 Å². The maximum absolute atomic E-state index is 11.3. The van der Waals surface area contributed by atoms with E-state index in [2.05, 4.69) is 19.4 Å². The van der Waals surface area contributed by atoms with E-state index in [9.17, 15) is 13.2 Å². The fourth-order valence-electron chi connectivity index (χ4n) is 1.19. The number of hydrogen-bond donors (Lipinski definition) is 2. The van der Waals surface area contributed by atoms with Crippen LogP contribution in [0.2, 0.25) is 0 Å². The highest BCUT2D eigenvalue weighted by Gasteiger charge is 2.23. The van der Waals surface area contributed by atoms with Crippen LogP contribution in [0.1, 0.15) is 5.69 Å². The van der Waals surface area contributed by atoms with Gasteiger partial charge in [-0.15, -0.1) is 0 Å². The van der Waals surface area contributed by atoms with Crippen molar-refractivity contribution in [1.82, 2.24) is 14.7 Å². The molecule has 1 aromatic rings. The normalized spacial score (nSPS) is 13.4. The predicted molar refractivity (Wildman–Crippen MR) is 56.1 cm³/mol. The van der Waals surface area contributed by atoms with Crippen LogP contribution in [0.3, 0.4) is 0 Å². The molecule has 1 rings (SSSR count). The first kappa shape index (κ1) is 12.7. The van der Waals surface area contributed by atoms with Gasteiger partial charge in [0.1, 0.15) is 6.04 Å². The molecule has 0 spiro atoms. The van der Waals surface area contributed by atoms with Gasteiger partial charge in [-0.3, -0.25) is 4.79 Å². The molecule has 1 heterocycles. The van der Waals surface area contributed by atoms with Crippen LogP contribution in [0, 0.1) is 0 Å². The minimum absolute atomic E-state index is 0.166. The van der Waals surface area contributed by atoms with E-state index in [1.807, 2.05) is 0 Å². The Bertz CT molecular complexity index is 440. The molecule has 8 heteroatoms. The lowest BCUT2D eigenvalue weighted by molar-refractivity contribution is -0.142. The molecule has 16 heavy (non-hydrogen) atoms. The van der Waals surface area contributed by atoms with Crippen molar-refractivity contribution < 1.29 is 17.9 Å². The van der Waals surface area contributed by atoms with E-state index in [1.165, 1.54) is 19.6 Å². The van der Waals surface area contributed by atoms with Crippen molar-refractivity contribution in [2.24, 2.45) is 0 Å². The summed E-state index contributed by atoms with van der Waals surface area (Å²) in [5.41, 5.74) is 0.645. The molecule has 0 radical (unpaired) electrons. The number of hydrogen-bond acceptors (Lipinski definition) is 5. The number of imidazole rings is 1. The molecule has 0 aliphatic carbocycles. The van der Waals surface area contributed by atoms with E-state index in [-0.39, 0.29) is 6.42 Å². The minimum atomic E-state index is -3.47. The van der Waals surface area contributed by atoms with Crippen LogP contribution >= 0.6 is 0 Å². The Kier molecular flexibility index (Phi) is 4.02. The van der Waals surface area contributed by atoms with Gasteiger partial charge in [0.25, 0.3) is 0 Å². The van der Waals surface area contributed by atoms with Gasteiger partial charge in [-0.05, 0) is 0 Å². The summed E-state index contributed by atoms with van der Waals surface area (Å²) < 4.78 is 28.8. The van der Waals surface area contributed by atoms with E-state index in [0.717, 1.165) is 6.26 Å². The Morgan fingerprint density at radius 1 is 1.69 bits per heavy atom. The zero-order valence-corrected chi connectivity index (χ0v) is 9.74. The number of rotatable bonds is 5. The van der Waals surface area contributed by atoms with Crippen molar-refractivity contribution in [2.75, 3.05) is 13.4 Å². The predicted octanol–water partition coefficient (Wildman–Crippen LogP) is -0.957. The van der Waals surface area contributed by atoms with Crippen molar-refractivity contribution in [3.8, 4) is 0 Å². The van der Waals surface area contributed by atoms with Crippen molar-refractivity contribution >= 4 is 16.0 Å². The van der Waals surface area contributed by atoms with Gasteiger partial charge in [0.05, 0.1) is 19.7 Å². The van der Waals surface area contributed by atoms with E-state index in [4.69, 9.17) is 0 Å². The molecule has 0 saturated heterocycles. The summed E-state index contributed by atoms with van der Waals surface area (Å²) in [5, 5.41) is 0. The monoisotopic (exact) mass is 247 g/mol. The van der Waals surface area contributed by atoms with Crippen molar-refractivity contribution in [3.63, 3.8) is 0 Å². The van der Waals surface area contributed by atoms with Gasteiger partial charge in [-0.25, -0.2) is 18.1 Å². The number of sulfonamides is 1. The Hall–Kier alpha value is -1.41. The lowest BCUT2D eigenvalue weighted by Gasteiger charge is -2.13. The quantitative estimate of drug-likeness (QED) is 0.653. The number of aromatic nitrogens is 2. The summed E-state index contributed by atoms with van der Waals surface area (Å²) in [6.45, 7) is 0. The van der Waals surface area contributed by atoms with Gasteiger partial charge in [-0.1, -0.05) is 0 Å². The first-order chi connectivity index (χ1) is 7.42. The van der Waals surface area contributed by atoms with Crippen molar-refractivity contribution in [3.05, 3.63) is 18.2 Å². The summed E-state index contributed by atoms with van der Waals surface area (Å²) >= 11 is 0. The van der Waals surface area contributed by atoms with E-state index in [1.54, 1.807) is 0 Å². The fraction of sp³-hybridized carbons (Fsp3) is 0.500. The van der Waals surface area contributed by atoms with Gasteiger partial charge in [0, 0.05) is 18.3 Å². The number of ether oxygens (including phenoxy) is 1. The molecule has 0 unspecified atom stereocenters. The molecular weight excluding hydrogens is 234 g/mol. The maximum atomic E-state index is 11.3. The van der Waals surface area contributed by atoms with Crippen LogP contribution in [-0.4, -0.2) is 43.8 Å². The van der Waals surface area contributed by atoms with Crippen LogP contribution in [-0.2, 0) is 26.0 Å². The number of H-pyrrole nitrogens is 1. The van der Waals surface area contributed by atoms with Gasteiger partial charge < -0.3 is 9.72 Å². The number of carbonyl (C=O) groups excluding carboxylic acids is 1. The minimum Gasteiger partial charge on any atom is -0.468 e. The van der Waals surface area contributed by atoms with Crippen LogP contribution in [0.25, 0.3) is 0 Å². The molecule has 2 N–H and O–H groups in total. The Labute approximate surface area is 93.3 Å². The molecule has 0 aliphatic heterocycles. The highest BCUT2D eigenvalue weighted by Crippen LogP contribution is 2.01. The standard InChI is InChI=1S/C8H13N3O4S/c1-15-8(12)7(11-16(2,13)14)3-6-4-9-5-10-6/h4-5,7,11H,3H2,1-2H3,(H,9,10)/t7-/m0/s1. The zero-order chi connectivity index (χ0) is 12.2. The highest BCUT2D eigenvalue weighted by molar-refractivity contribution is 7.88.